The number of hydrogen-bond donors (Lipinski definition) is 3. The Morgan fingerprint density at radius 1 is 1.70 bits per heavy atom. The second-order valence-corrected chi connectivity index (χ2v) is 4.34. The van der Waals surface area contributed by atoms with Gasteiger partial charge in [0.15, 0.2) is 6.23 Å². The van der Waals surface area contributed by atoms with Crippen LogP contribution in [0, 0.1) is 11.8 Å². The number of aromatic nitrogens is 2. The third kappa shape index (κ3) is 2.16. The highest BCUT2D eigenvalue weighted by atomic mass is 19.1. The molecule has 0 saturated carbocycles. The zero-order valence-corrected chi connectivity index (χ0v) is 10.7. The van der Waals surface area contributed by atoms with E-state index in [-0.39, 0.29) is 5.82 Å². The Morgan fingerprint density at radius 3 is 2.95 bits per heavy atom. The number of nitrogen functional groups attached to an aromatic ring is 1. The van der Waals surface area contributed by atoms with E-state index < -0.39 is 36.4 Å². The van der Waals surface area contributed by atoms with Gasteiger partial charge in [-0.3, -0.25) is 4.57 Å². The molecule has 8 heteroatoms. The summed E-state index contributed by atoms with van der Waals surface area (Å²) in [7, 11) is 0. The first-order valence-corrected chi connectivity index (χ1v) is 5.86. The van der Waals surface area contributed by atoms with Gasteiger partial charge < -0.3 is 20.7 Å². The van der Waals surface area contributed by atoms with Gasteiger partial charge in [-0.05, 0) is 13.0 Å². The number of alkyl halides is 1. The Kier molecular flexibility index (Phi) is 3.76. The van der Waals surface area contributed by atoms with Crippen molar-refractivity contribution in [1.29, 1.82) is 0 Å². The minimum atomic E-state index is -2.52. The average molecular weight is 283 g/mol. The first kappa shape index (κ1) is 14.5. The second-order valence-electron chi connectivity index (χ2n) is 4.34. The minimum absolute atomic E-state index is 0.0189. The summed E-state index contributed by atoms with van der Waals surface area (Å²) in [4.78, 5) is 15.2. The number of nitrogens with zero attached hydrogens (tertiary/aromatic N) is 2. The molecule has 1 aliphatic heterocycles. The first-order valence-electron chi connectivity index (χ1n) is 5.86. The van der Waals surface area contributed by atoms with E-state index in [9.17, 15) is 14.3 Å². The fourth-order valence-electron chi connectivity index (χ4n) is 2.10. The Hall–Kier alpha value is -1.95. The molecule has 20 heavy (non-hydrogen) atoms. The Morgan fingerprint density at radius 2 is 2.40 bits per heavy atom. The zero-order valence-electron chi connectivity index (χ0n) is 10.7. The van der Waals surface area contributed by atoms with Gasteiger partial charge in [0.2, 0.25) is 5.67 Å². The number of rotatable bonds is 2. The van der Waals surface area contributed by atoms with Crippen LogP contribution in [-0.4, -0.2) is 44.2 Å². The van der Waals surface area contributed by atoms with Gasteiger partial charge in [0.25, 0.3) is 0 Å². The monoisotopic (exact) mass is 283 g/mol. The number of aliphatic hydroxyl groups is 2. The van der Waals surface area contributed by atoms with Crippen molar-refractivity contribution in [2.75, 3.05) is 12.3 Å². The highest BCUT2D eigenvalue weighted by molar-refractivity contribution is 5.26. The van der Waals surface area contributed by atoms with Crippen LogP contribution in [0.25, 0.3) is 0 Å². The summed E-state index contributed by atoms with van der Waals surface area (Å²) in [5.41, 5.74) is 2.00. The molecular weight excluding hydrogens is 269 g/mol. The largest absolute Gasteiger partial charge is 0.394 e. The summed E-state index contributed by atoms with van der Waals surface area (Å²) in [6, 6.07) is 1.29. The van der Waals surface area contributed by atoms with Crippen molar-refractivity contribution < 1.29 is 19.3 Å². The molecule has 0 spiro atoms. The van der Waals surface area contributed by atoms with Crippen LogP contribution in [0.1, 0.15) is 13.2 Å². The Labute approximate surface area is 113 Å². The standard InChI is InChI=1S/C12H14FN3O4/c1-2-4-12(13)9(18)7(6-17)20-10(12)16-5-3-8(14)15-11(16)19/h3,5,7,9-10,17-18H,6H2,1H3,(H2,14,15,19)/t7-,9+,10-,12?/m1/s1. The van der Waals surface area contributed by atoms with Crippen LogP contribution in [-0.2, 0) is 4.74 Å². The van der Waals surface area contributed by atoms with Crippen LogP contribution in [0.3, 0.4) is 0 Å². The number of aliphatic hydroxyl groups excluding tert-OH is 2. The minimum Gasteiger partial charge on any atom is -0.394 e. The number of hydrogen-bond acceptors (Lipinski definition) is 6. The topological polar surface area (TPSA) is 111 Å². The van der Waals surface area contributed by atoms with Crippen LogP contribution in [0.4, 0.5) is 10.2 Å². The van der Waals surface area contributed by atoms with E-state index in [0.29, 0.717) is 0 Å². The molecule has 0 bridgehead atoms. The van der Waals surface area contributed by atoms with Gasteiger partial charge in [0.1, 0.15) is 18.0 Å². The van der Waals surface area contributed by atoms with Crippen LogP contribution in [0.5, 0.6) is 0 Å². The van der Waals surface area contributed by atoms with Gasteiger partial charge in [0.05, 0.1) is 6.61 Å². The molecule has 1 aliphatic rings. The molecule has 1 aromatic rings. The van der Waals surface area contributed by atoms with E-state index in [2.05, 4.69) is 16.8 Å². The van der Waals surface area contributed by atoms with Crippen molar-refractivity contribution in [2.45, 2.75) is 31.0 Å². The van der Waals surface area contributed by atoms with E-state index in [1.165, 1.54) is 19.2 Å². The van der Waals surface area contributed by atoms with Gasteiger partial charge in [0, 0.05) is 6.20 Å². The normalized spacial score (nSPS) is 32.7. The quantitative estimate of drug-likeness (QED) is 0.588. The molecule has 4 N–H and O–H groups in total. The highest BCUT2D eigenvalue weighted by Gasteiger charge is 2.57. The van der Waals surface area contributed by atoms with E-state index in [0.717, 1.165) is 4.57 Å². The summed E-state index contributed by atoms with van der Waals surface area (Å²) in [6.45, 7) is 0.785. The Balaban J connectivity index is 2.52. The number of nitrogens with two attached hydrogens (primary N) is 1. The third-order valence-electron chi connectivity index (χ3n) is 3.05. The molecule has 0 aliphatic carbocycles. The van der Waals surface area contributed by atoms with Crippen LogP contribution >= 0.6 is 0 Å². The van der Waals surface area contributed by atoms with Crippen molar-refractivity contribution in [3.63, 3.8) is 0 Å². The van der Waals surface area contributed by atoms with Gasteiger partial charge in [-0.1, -0.05) is 5.92 Å². The summed E-state index contributed by atoms with van der Waals surface area (Å²) >= 11 is 0. The molecule has 0 radical (unpaired) electrons. The molecule has 4 atom stereocenters. The maximum atomic E-state index is 14.9. The number of halogens is 1. The molecule has 2 heterocycles. The summed E-state index contributed by atoms with van der Waals surface area (Å²) < 4.78 is 20.9. The zero-order chi connectivity index (χ0) is 14.9. The number of anilines is 1. The summed E-state index contributed by atoms with van der Waals surface area (Å²) in [5.74, 6) is 4.53. The molecule has 1 unspecified atom stereocenters. The predicted molar refractivity (Wildman–Crippen MR) is 67.2 cm³/mol. The molecule has 1 fully saturated rings. The lowest BCUT2D eigenvalue weighted by atomic mass is 9.96. The van der Waals surface area contributed by atoms with Gasteiger partial charge in [-0.25, -0.2) is 9.18 Å². The van der Waals surface area contributed by atoms with Gasteiger partial charge in [-0.2, -0.15) is 4.98 Å². The van der Waals surface area contributed by atoms with Crippen molar-refractivity contribution in [3.8, 4) is 11.8 Å². The van der Waals surface area contributed by atoms with Crippen LogP contribution < -0.4 is 11.4 Å². The average Bonchev–Trinajstić information content (AvgIpc) is 2.63. The lowest BCUT2D eigenvalue weighted by molar-refractivity contribution is -0.0542. The molecule has 0 amide bonds. The Bertz CT molecular complexity index is 623. The predicted octanol–water partition coefficient (Wildman–Crippen LogP) is -1.19. The molecule has 0 aromatic carbocycles. The summed E-state index contributed by atoms with van der Waals surface area (Å²) in [5, 5.41) is 19.0. The van der Waals surface area contributed by atoms with Crippen molar-refractivity contribution in [1.82, 2.24) is 9.55 Å². The first-order chi connectivity index (χ1) is 9.43. The maximum absolute atomic E-state index is 14.9. The van der Waals surface area contributed by atoms with E-state index >= 15 is 0 Å². The van der Waals surface area contributed by atoms with Gasteiger partial charge >= 0.3 is 5.69 Å². The molecule has 7 nitrogen and oxygen atoms in total. The smallest absolute Gasteiger partial charge is 0.351 e. The van der Waals surface area contributed by atoms with Crippen LogP contribution in [0.15, 0.2) is 17.1 Å². The molecule has 108 valence electrons. The third-order valence-corrected chi connectivity index (χ3v) is 3.05. The van der Waals surface area contributed by atoms with E-state index in [1.807, 2.05) is 0 Å². The molecule has 1 saturated heterocycles. The second kappa shape index (κ2) is 5.20. The molecule has 2 rings (SSSR count). The fourth-order valence-corrected chi connectivity index (χ4v) is 2.10. The SMILES string of the molecule is CC#CC1(F)[C@@H](O)[C@@H](CO)O[C@H]1n1ccc(N)nc1=O. The number of ether oxygens (including phenoxy) is 1. The van der Waals surface area contributed by atoms with Crippen molar-refractivity contribution >= 4 is 5.82 Å². The maximum Gasteiger partial charge on any atom is 0.351 e. The van der Waals surface area contributed by atoms with E-state index in [4.69, 9.17) is 15.6 Å². The lowest BCUT2D eigenvalue weighted by Crippen LogP contribution is -2.44. The van der Waals surface area contributed by atoms with E-state index in [1.54, 1.807) is 0 Å². The highest BCUT2D eigenvalue weighted by Crippen LogP contribution is 2.40. The van der Waals surface area contributed by atoms with Gasteiger partial charge in [-0.15, -0.1) is 5.92 Å². The van der Waals surface area contributed by atoms with Crippen molar-refractivity contribution in [3.05, 3.63) is 22.7 Å². The van der Waals surface area contributed by atoms with Crippen LogP contribution in [0.2, 0.25) is 0 Å². The molecule has 1 aromatic heterocycles. The molecular formula is C12H14FN3O4. The lowest BCUT2D eigenvalue weighted by Gasteiger charge is -2.23. The summed E-state index contributed by atoms with van der Waals surface area (Å²) in [6.07, 6.45) is -3.18. The fraction of sp³-hybridized carbons (Fsp3) is 0.500. The van der Waals surface area contributed by atoms with Crippen molar-refractivity contribution in [2.24, 2.45) is 0 Å².